The minimum Gasteiger partial charge on any atom is -0.480 e. The standard InChI is InChI=1S/C56H93N11O31/c1-19(49(83)67-27(48(59)82)11-12-33(76)66-28(52(87)88)10-8-9-13-60-34(77)14-26(57)47(58)81)61-50(84)20(2)90-46-38(65-25(7)75)56(95-32(18-71)44(46)98-54-35(62-22(4)72)40(79)39(78)29(15-68)93-54)96-42-30(16-69)94-55(36(41(42)80)63-23(5)73)97-43-31(17-70)92-53(89)37(64-24(6)74)45(43)91-21(3)51(85)86/h19-21,26-32,35-46,53-56,68-71,78-80,89H,8-18,57H2,1-7H3,(H2,58,81)(H2,59,82)(H,60,77)(H,61,84)(H,62,72)(H,63,73)(H,64,74)(H,65,75)(H,66,76)(H,67,83)(H,85,86)(H,87,88). The first-order valence-electron chi connectivity index (χ1n) is 31.1. The Morgan fingerprint density at radius 3 is 1.43 bits per heavy atom. The highest BCUT2D eigenvalue weighted by Gasteiger charge is 2.58. The molecule has 26 unspecified atom stereocenters. The highest BCUT2D eigenvalue weighted by atomic mass is 16.8. The van der Waals surface area contributed by atoms with E-state index in [2.05, 4.69) is 42.5 Å². The van der Waals surface area contributed by atoms with Gasteiger partial charge in [-0.1, -0.05) is 0 Å². The molecule has 4 saturated heterocycles. The van der Waals surface area contributed by atoms with Gasteiger partial charge in [0.05, 0.1) is 38.9 Å². The zero-order chi connectivity index (χ0) is 73.7. The van der Waals surface area contributed by atoms with Gasteiger partial charge >= 0.3 is 11.9 Å². The van der Waals surface area contributed by atoms with E-state index in [0.29, 0.717) is 0 Å². The number of hydrogen-bond donors (Lipinski definition) is 21. The van der Waals surface area contributed by atoms with E-state index in [1.807, 2.05) is 0 Å². The Kier molecular flexibility index (Phi) is 33.2. The maximum Gasteiger partial charge on any atom is 0.332 e. The monoisotopic (exact) mass is 1420 g/mol. The summed E-state index contributed by atoms with van der Waals surface area (Å²) in [6.07, 6.45) is -34.8. The average Bonchev–Trinajstić information content (AvgIpc) is 0.768. The van der Waals surface area contributed by atoms with Crippen LogP contribution in [0.5, 0.6) is 0 Å². The number of aliphatic hydroxyl groups is 8. The van der Waals surface area contributed by atoms with Crippen LogP contribution in [0, 0.1) is 0 Å². The molecule has 4 rings (SSSR count). The molecule has 4 fully saturated rings. The molecular formula is C56H93N11O31. The van der Waals surface area contributed by atoms with Crippen molar-refractivity contribution in [2.45, 2.75) is 246 Å². The zero-order valence-corrected chi connectivity index (χ0v) is 54.6. The van der Waals surface area contributed by atoms with Crippen LogP contribution >= 0.6 is 0 Å². The summed E-state index contributed by atoms with van der Waals surface area (Å²) in [7, 11) is 0. The number of carboxylic acid groups (broad SMARTS) is 2. The number of nitrogens with two attached hydrogens (primary N) is 3. The summed E-state index contributed by atoms with van der Waals surface area (Å²) in [6.45, 7) is 3.25. The number of carboxylic acids is 2. The van der Waals surface area contributed by atoms with E-state index in [4.69, 9.17) is 59.8 Å². The van der Waals surface area contributed by atoms with Gasteiger partial charge in [0.25, 0.3) is 0 Å². The molecule has 26 atom stereocenters. The molecule has 4 aliphatic heterocycles. The normalized spacial score (nSPS) is 32.0. The second kappa shape index (κ2) is 39.1. The Morgan fingerprint density at radius 1 is 0.469 bits per heavy atom. The number of aliphatic hydroxyl groups excluding tert-OH is 8. The zero-order valence-electron chi connectivity index (χ0n) is 54.6. The fourth-order valence-electron chi connectivity index (χ4n) is 10.9. The van der Waals surface area contributed by atoms with Crippen molar-refractivity contribution in [2.75, 3.05) is 33.0 Å². The van der Waals surface area contributed by atoms with Crippen LogP contribution in [-0.2, 0) is 100 Å². The highest BCUT2D eigenvalue weighted by molar-refractivity contribution is 5.93. The molecule has 4 heterocycles. The summed E-state index contributed by atoms with van der Waals surface area (Å²) in [4.78, 5) is 152. The van der Waals surface area contributed by atoms with Gasteiger partial charge in [0.15, 0.2) is 31.3 Å². The molecule has 0 aliphatic carbocycles. The Balaban J connectivity index is 1.66. The van der Waals surface area contributed by atoms with E-state index in [1.165, 1.54) is 0 Å². The fourth-order valence-corrected chi connectivity index (χ4v) is 10.9. The lowest BCUT2D eigenvalue weighted by atomic mass is 9.92. The molecular weight excluding hydrogens is 1320 g/mol. The van der Waals surface area contributed by atoms with Gasteiger partial charge in [0.1, 0.15) is 122 Å². The Bertz CT molecular complexity index is 2740. The third-order valence-electron chi connectivity index (χ3n) is 15.9. The van der Waals surface area contributed by atoms with Crippen molar-refractivity contribution in [3.63, 3.8) is 0 Å². The number of nitrogens with one attached hydrogen (secondary N) is 8. The van der Waals surface area contributed by atoms with Gasteiger partial charge in [-0.2, -0.15) is 0 Å². The summed E-state index contributed by atoms with van der Waals surface area (Å²) in [5.74, 6) is -12.1. The van der Waals surface area contributed by atoms with Crippen LogP contribution < -0.4 is 59.7 Å². The van der Waals surface area contributed by atoms with E-state index in [0.717, 1.165) is 48.5 Å². The van der Waals surface area contributed by atoms with Crippen molar-refractivity contribution in [1.82, 2.24) is 42.5 Å². The summed E-state index contributed by atoms with van der Waals surface area (Å²) in [5.41, 5.74) is 16.1. The Hall–Kier alpha value is -7.08. The van der Waals surface area contributed by atoms with Gasteiger partial charge in [-0.25, -0.2) is 9.59 Å². The second-order valence-electron chi connectivity index (χ2n) is 23.7. The largest absolute Gasteiger partial charge is 0.480 e. The minimum atomic E-state index is -2.14. The quantitative estimate of drug-likeness (QED) is 0.0257. The van der Waals surface area contributed by atoms with Gasteiger partial charge in [-0.3, -0.25) is 47.9 Å². The molecule has 0 aromatic heterocycles. The predicted molar refractivity (Wildman–Crippen MR) is 321 cm³/mol. The van der Waals surface area contributed by atoms with Crippen LogP contribution in [0.4, 0.5) is 0 Å². The van der Waals surface area contributed by atoms with Crippen LogP contribution in [0.2, 0.25) is 0 Å². The topological polar surface area (TPSA) is 665 Å². The minimum absolute atomic E-state index is 0.0701. The molecule has 558 valence electrons. The van der Waals surface area contributed by atoms with Gasteiger partial charge in [0.2, 0.25) is 59.1 Å². The van der Waals surface area contributed by atoms with Crippen LogP contribution in [-0.4, -0.2) is 314 Å². The van der Waals surface area contributed by atoms with E-state index < -0.39 is 269 Å². The van der Waals surface area contributed by atoms with Crippen LogP contribution in [0.25, 0.3) is 0 Å². The number of carbonyl (C=O) groups is 12. The molecule has 42 nitrogen and oxygen atoms in total. The molecule has 42 heteroatoms. The summed E-state index contributed by atoms with van der Waals surface area (Å²) in [6, 6.07) is -12.9. The number of hydrogen-bond acceptors (Lipinski definition) is 30. The van der Waals surface area contributed by atoms with Gasteiger partial charge in [-0.15, -0.1) is 0 Å². The average molecular weight is 1420 g/mol. The molecule has 10 amide bonds. The molecule has 0 aromatic rings. The van der Waals surface area contributed by atoms with E-state index in [-0.39, 0.29) is 32.2 Å². The molecule has 0 spiro atoms. The lowest BCUT2D eigenvalue weighted by Gasteiger charge is -2.52. The highest BCUT2D eigenvalue weighted by Crippen LogP contribution is 2.36. The summed E-state index contributed by atoms with van der Waals surface area (Å²) < 4.78 is 54.6. The summed E-state index contributed by atoms with van der Waals surface area (Å²) in [5, 5.41) is 127. The smallest absolute Gasteiger partial charge is 0.332 e. The second-order valence-corrected chi connectivity index (χ2v) is 23.7. The van der Waals surface area contributed by atoms with E-state index in [9.17, 15) is 109 Å². The Labute approximate surface area is 559 Å². The summed E-state index contributed by atoms with van der Waals surface area (Å²) >= 11 is 0. The molecule has 0 bridgehead atoms. The molecule has 0 saturated carbocycles. The Morgan fingerprint density at radius 2 is 0.929 bits per heavy atom. The lowest BCUT2D eigenvalue weighted by molar-refractivity contribution is -0.366. The van der Waals surface area contributed by atoms with Crippen molar-refractivity contribution < 1.29 is 151 Å². The molecule has 0 radical (unpaired) electrons. The van der Waals surface area contributed by atoms with Crippen LogP contribution in [0.3, 0.4) is 0 Å². The van der Waals surface area contributed by atoms with E-state index in [1.54, 1.807) is 0 Å². The third-order valence-corrected chi connectivity index (χ3v) is 15.9. The van der Waals surface area contributed by atoms with Gasteiger partial charge in [0, 0.05) is 40.7 Å². The lowest BCUT2D eigenvalue weighted by Crippen LogP contribution is -2.72. The van der Waals surface area contributed by atoms with Crippen molar-refractivity contribution in [2.24, 2.45) is 17.2 Å². The number of amides is 10. The maximum absolute atomic E-state index is 14.2. The molecule has 98 heavy (non-hydrogen) atoms. The maximum atomic E-state index is 14.2. The van der Waals surface area contributed by atoms with E-state index >= 15 is 0 Å². The molecule has 4 aliphatic rings. The number of carbonyl (C=O) groups excluding carboxylic acids is 10. The number of ether oxygens (including phenoxy) is 9. The number of aliphatic carboxylic acids is 2. The van der Waals surface area contributed by atoms with Gasteiger partial charge in [-0.05, 0) is 46.5 Å². The van der Waals surface area contributed by atoms with Gasteiger partial charge < -0.3 is 153 Å². The van der Waals surface area contributed by atoms with Crippen LogP contribution in [0.15, 0.2) is 0 Å². The number of unbranched alkanes of at least 4 members (excludes halogenated alkanes) is 1. The van der Waals surface area contributed by atoms with Crippen molar-refractivity contribution in [3.8, 4) is 0 Å². The van der Waals surface area contributed by atoms with Crippen molar-refractivity contribution in [3.05, 3.63) is 0 Å². The van der Waals surface area contributed by atoms with Crippen molar-refractivity contribution >= 4 is 71.0 Å². The number of primary amides is 2. The van der Waals surface area contributed by atoms with Crippen LogP contribution in [0.1, 0.15) is 87.0 Å². The first kappa shape index (κ1) is 83.3. The SMILES string of the molecule is CC(=O)NC1C(OC2C(CO)OC(OC3C(CO)OC(OC4C(CO)OC(O)C(NC(C)=O)C4OC(C)C(=O)O)C(NC(C)=O)C3O)C(NC(C)=O)C2OC(C)C(=O)NC(C)C(=O)NC(CCC(=O)NC(CCCCNC(=O)CC(N)C(N)=O)C(=O)O)C(N)=O)OC(CO)C(O)C1O. The van der Waals surface area contributed by atoms with Crippen molar-refractivity contribution in [1.29, 1.82) is 0 Å². The number of rotatable bonds is 37. The first-order chi connectivity index (χ1) is 46.0. The predicted octanol–water partition coefficient (Wildman–Crippen LogP) is -11.9. The first-order valence-corrected chi connectivity index (χ1v) is 31.1. The molecule has 24 N–H and O–H groups in total. The molecule has 0 aromatic carbocycles. The third kappa shape index (κ3) is 23.8. The fraction of sp³-hybridized carbons (Fsp3) is 0.786.